The standard InChI is InChI=1S/CH3I2N3O2/c1-3-4-8-6(2)5-7/h1H3. The Balaban J connectivity index is 3.23. The van der Waals surface area contributed by atoms with Crippen LogP contribution < -0.4 is 0 Å². The summed E-state index contributed by atoms with van der Waals surface area (Å²) in [6, 6.07) is 0. The molecule has 8 heavy (non-hydrogen) atoms. The van der Waals surface area contributed by atoms with Gasteiger partial charge in [0.25, 0.3) is 0 Å². The second kappa shape index (κ2) is 5.75. The van der Waals surface area contributed by atoms with Gasteiger partial charge in [-0.2, -0.15) is 0 Å². The number of hydrogen-bond acceptors (Lipinski definition) is 4. The molecule has 0 spiro atoms. The minimum Gasteiger partial charge on any atom is -0.122 e. The lowest BCUT2D eigenvalue weighted by Crippen LogP contribution is -1.94. The highest BCUT2D eigenvalue weighted by atomic mass is 127. The van der Waals surface area contributed by atoms with Crippen molar-refractivity contribution in [3.05, 3.63) is 4.91 Å². The molecule has 0 aromatic rings. The molecule has 0 fully saturated rings. The van der Waals surface area contributed by atoms with Crippen LogP contribution in [-0.2, 0) is 4.94 Å². The van der Waals surface area contributed by atoms with E-state index < -0.39 is 0 Å². The molecule has 0 bridgehead atoms. The van der Waals surface area contributed by atoms with Gasteiger partial charge in [0.2, 0.25) is 0 Å². The molecule has 0 radical (unpaired) electrons. The largest absolute Gasteiger partial charge is 0.123 e. The fourth-order valence-electron chi connectivity index (χ4n) is 0.0712. The molecule has 5 nitrogen and oxygen atoms in total. The molecule has 0 unspecified atom stereocenters. The highest BCUT2D eigenvalue weighted by Crippen LogP contribution is 2.03. The Kier molecular flexibility index (Phi) is 6.20. The molecule has 0 aliphatic rings. The van der Waals surface area contributed by atoms with Gasteiger partial charge in [-0.3, -0.25) is 0 Å². The highest BCUT2D eigenvalue weighted by Gasteiger charge is 1.90. The molecular weight excluding hydrogens is 340 g/mol. The van der Waals surface area contributed by atoms with Gasteiger partial charge in [-0.15, -0.1) is 4.91 Å². The van der Waals surface area contributed by atoms with E-state index in [9.17, 15) is 4.91 Å². The summed E-state index contributed by atoms with van der Waals surface area (Å²) in [6.45, 7) is 0. The summed E-state index contributed by atoms with van der Waals surface area (Å²) in [5, 5.41) is 2.40. The lowest BCUT2D eigenvalue weighted by Gasteiger charge is -1.94. The van der Waals surface area contributed by atoms with E-state index in [-0.39, 0.29) is 21.0 Å². The fraction of sp³-hybridized carbons (Fsp3) is 1.00. The topological polar surface area (TPSA) is 54.3 Å². The maximum absolute atomic E-state index is 9.51. The minimum atomic E-state index is -0.275. The fourth-order valence-corrected chi connectivity index (χ4v) is 0.839. The molecule has 7 heteroatoms. The van der Waals surface area contributed by atoms with Crippen molar-refractivity contribution in [3.8, 4) is 0 Å². The van der Waals surface area contributed by atoms with Crippen molar-refractivity contribution < 1.29 is 4.94 Å². The Labute approximate surface area is 70.3 Å². The van der Waals surface area contributed by atoms with Crippen LogP contribution in [0.4, 0.5) is 0 Å². The van der Waals surface area contributed by atoms with Gasteiger partial charge in [0.05, 0.1) is 5.29 Å². The van der Waals surface area contributed by atoms with Crippen molar-refractivity contribution in [1.29, 1.82) is 0 Å². The Bertz CT molecular complexity index is 95.3. The van der Waals surface area contributed by atoms with E-state index in [1.165, 1.54) is 0 Å². The van der Waals surface area contributed by atoms with Crippen LogP contribution in [0.25, 0.3) is 0 Å². The van der Waals surface area contributed by atoms with Gasteiger partial charge in [-0.1, -0.05) is 8.25 Å². The number of nitrogens with zero attached hydrogens (tertiary/aromatic N) is 3. The lowest BCUT2D eigenvalue weighted by atomic mass is 12.0. The normalized spacial score (nSPS) is 10.8. The molecular formula is CH3I2N3O2. The van der Waals surface area contributed by atoms with E-state index in [2.05, 4.69) is 13.5 Å². The van der Waals surface area contributed by atoms with E-state index in [0.29, 0.717) is 0 Å². The lowest BCUT2D eigenvalue weighted by molar-refractivity contribution is -0.0463. The molecule has 48 valence electrons. The average molecular weight is 343 g/mol. The third kappa shape index (κ3) is 4.77. The molecule has 0 aliphatic carbocycles. The van der Waals surface area contributed by atoms with Crippen molar-refractivity contribution in [2.75, 3.05) is 4.93 Å². The Morgan fingerprint density at radius 3 is 2.88 bits per heavy atom. The second-order valence-electron chi connectivity index (χ2n) is 0.628. The molecule has 0 N–H and O–H groups in total. The van der Waals surface area contributed by atoms with E-state index >= 15 is 0 Å². The van der Waals surface area contributed by atoms with Gasteiger partial charge >= 0.3 is 0 Å². The molecule has 0 saturated carbocycles. The van der Waals surface area contributed by atoms with Crippen molar-refractivity contribution in [2.24, 2.45) is 8.59 Å². The van der Waals surface area contributed by atoms with Crippen LogP contribution in [0.15, 0.2) is 8.59 Å². The van der Waals surface area contributed by atoms with Gasteiger partial charge < -0.3 is 0 Å². The monoisotopic (exact) mass is 343 g/mol. The Morgan fingerprint density at radius 2 is 2.50 bits per heavy atom. The van der Waals surface area contributed by atoms with Crippen LogP contribution in [0.3, 0.4) is 0 Å². The molecule has 0 amide bonds. The van der Waals surface area contributed by atoms with Gasteiger partial charge in [0.15, 0.2) is 0 Å². The number of alkyl halides is 1. The van der Waals surface area contributed by atoms with E-state index in [1.807, 2.05) is 4.93 Å². The summed E-state index contributed by atoms with van der Waals surface area (Å²) in [7, 11) is 0. The third-order valence-corrected chi connectivity index (χ3v) is 1.15. The number of rotatable bonds is 3. The van der Waals surface area contributed by atoms with Crippen LogP contribution in [0.2, 0.25) is 0 Å². The number of nitroso groups, excluding NO2 is 1. The molecule has 0 aromatic heterocycles. The summed E-state index contributed by atoms with van der Waals surface area (Å²) in [4.78, 5) is 15.8. The number of hydrogen-bond donors (Lipinski definition) is 0. The quantitative estimate of drug-likeness (QED) is 0.259. The summed E-state index contributed by atoms with van der Waals surface area (Å²) in [5.74, 6) is 0. The third-order valence-electron chi connectivity index (χ3n) is 0.231. The van der Waals surface area contributed by atoms with E-state index in [1.54, 1.807) is 22.9 Å². The zero-order chi connectivity index (χ0) is 6.41. The molecule has 0 saturated heterocycles. The molecule has 0 heterocycles. The van der Waals surface area contributed by atoms with Crippen LogP contribution in [0, 0.1) is 4.91 Å². The van der Waals surface area contributed by atoms with Crippen molar-refractivity contribution in [1.82, 2.24) is 3.39 Å². The second-order valence-corrected chi connectivity index (χ2v) is 2.81. The zero-order valence-electron chi connectivity index (χ0n) is 3.91. The summed E-state index contributed by atoms with van der Waals surface area (Å²) in [6.07, 6.45) is 0. The predicted molar refractivity (Wildman–Crippen MR) is 45.1 cm³/mol. The van der Waals surface area contributed by atoms with Crippen LogP contribution >= 0.6 is 43.9 Å². The molecule has 0 atom stereocenters. The van der Waals surface area contributed by atoms with E-state index in [0.717, 1.165) is 3.39 Å². The van der Waals surface area contributed by atoms with Crippen LogP contribution in [0.5, 0.6) is 0 Å². The SMILES string of the molecule is CI=NON(I)N=O. The van der Waals surface area contributed by atoms with E-state index in [4.69, 9.17) is 0 Å². The Morgan fingerprint density at radius 1 is 1.88 bits per heavy atom. The predicted octanol–water partition coefficient (Wildman–Crippen LogP) is 1.95. The average Bonchev–Trinajstić information content (AvgIpc) is 1.83. The first-order valence-corrected chi connectivity index (χ1v) is 5.55. The van der Waals surface area contributed by atoms with Crippen molar-refractivity contribution in [2.45, 2.75) is 0 Å². The van der Waals surface area contributed by atoms with Crippen LogP contribution in [-0.4, -0.2) is 8.32 Å². The van der Waals surface area contributed by atoms with Crippen LogP contribution in [0.1, 0.15) is 0 Å². The maximum atomic E-state index is 9.51. The van der Waals surface area contributed by atoms with Gasteiger partial charge in [-0.05, 0) is 3.39 Å². The van der Waals surface area contributed by atoms with Crippen molar-refractivity contribution >= 4 is 43.9 Å². The molecule has 0 rings (SSSR count). The first-order valence-electron chi connectivity index (χ1n) is 1.46. The van der Waals surface area contributed by atoms with Gasteiger partial charge in [0.1, 0.15) is 22.9 Å². The van der Waals surface area contributed by atoms with Crippen molar-refractivity contribution in [3.63, 3.8) is 0 Å². The molecule has 0 aliphatic heterocycles. The molecule has 0 aromatic carbocycles. The Hall–Kier alpha value is 0.620. The zero-order valence-corrected chi connectivity index (χ0v) is 8.23. The first kappa shape index (κ1) is 8.62. The minimum absolute atomic E-state index is 0.275. The summed E-state index contributed by atoms with van der Waals surface area (Å²) >= 11 is 1.31. The van der Waals surface area contributed by atoms with Gasteiger partial charge in [0, 0.05) is 26.0 Å². The smallest absolute Gasteiger partial charge is 0.122 e. The summed E-state index contributed by atoms with van der Waals surface area (Å²) in [5.41, 5.74) is 0. The number of halogens is 2. The highest BCUT2D eigenvalue weighted by molar-refractivity contribution is 14.2. The van der Waals surface area contributed by atoms with Gasteiger partial charge in [-0.25, -0.2) is 0 Å². The maximum Gasteiger partial charge on any atom is 0.123 e. The summed E-state index contributed by atoms with van der Waals surface area (Å²) < 4.78 is 4.21. The first-order chi connectivity index (χ1) is 3.81.